The highest BCUT2D eigenvalue weighted by Crippen LogP contribution is 2.22. The van der Waals surface area contributed by atoms with Gasteiger partial charge < -0.3 is 5.73 Å². The maximum Gasteiger partial charge on any atom is 0.00514 e. The van der Waals surface area contributed by atoms with Crippen molar-refractivity contribution >= 4 is 11.3 Å². The van der Waals surface area contributed by atoms with Crippen molar-refractivity contribution in [3.8, 4) is 0 Å². The molecule has 0 aliphatic rings. The zero-order valence-electron chi connectivity index (χ0n) is 10.1. The Kier molecular flexibility index (Phi) is 5.34. The highest BCUT2D eigenvalue weighted by molar-refractivity contribution is 7.11. The smallest absolute Gasteiger partial charge is 0.00514 e. The van der Waals surface area contributed by atoms with Crippen LogP contribution in [0.5, 0.6) is 0 Å². The second-order valence-electron chi connectivity index (χ2n) is 4.66. The molecule has 0 saturated heterocycles. The summed E-state index contributed by atoms with van der Waals surface area (Å²) in [6.45, 7) is 7.57. The Balaban J connectivity index is 2.50. The Morgan fingerprint density at radius 3 is 2.40 bits per heavy atom. The highest BCUT2D eigenvalue weighted by atomic mass is 32.1. The van der Waals surface area contributed by atoms with E-state index in [0.717, 1.165) is 18.9 Å². The minimum absolute atomic E-state index is 0.661. The van der Waals surface area contributed by atoms with Crippen molar-refractivity contribution in [1.29, 1.82) is 0 Å². The van der Waals surface area contributed by atoms with E-state index in [0.29, 0.717) is 5.92 Å². The van der Waals surface area contributed by atoms with Gasteiger partial charge >= 0.3 is 0 Å². The van der Waals surface area contributed by atoms with Crippen LogP contribution in [0.2, 0.25) is 0 Å². The van der Waals surface area contributed by atoms with Crippen LogP contribution < -0.4 is 5.73 Å². The molecule has 1 unspecified atom stereocenters. The predicted octanol–water partition coefficient (Wildman–Crippen LogP) is 3.47. The van der Waals surface area contributed by atoms with Gasteiger partial charge in [-0.3, -0.25) is 0 Å². The molecular weight excluding hydrogens is 202 g/mol. The molecule has 0 aliphatic heterocycles. The maximum absolute atomic E-state index is 5.81. The number of aryl methyl sites for hydroxylation is 1. The van der Waals surface area contributed by atoms with E-state index in [9.17, 15) is 0 Å². The van der Waals surface area contributed by atoms with E-state index in [-0.39, 0.29) is 0 Å². The predicted molar refractivity (Wildman–Crippen MR) is 69.4 cm³/mol. The highest BCUT2D eigenvalue weighted by Gasteiger charge is 2.11. The van der Waals surface area contributed by atoms with Crippen LogP contribution in [0.25, 0.3) is 0 Å². The van der Waals surface area contributed by atoms with Crippen molar-refractivity contribution in [3.63, 3.8) is 0 Å². The van der Waals surface area contributed by atoms with E-state index in [1.807, 2.05) is 11.3 Å². The Hall–Kier alpha value is -0.340. The fourth-order valence-corrected chi connectivity index (χ4v) is 3.01. The normalized spacial score (nSPS) is 13.4. The summed E-state index contributed by atoms with van der Waals surface area (Å²) in [4.78, 5) is 2.99. The van der Waals surface area contributed by atoms with Crippen LogP contribution in [0.3, 0.4) is 0 Å². The number of rotatable bonds is 6. The number of hydrogen-bond acceptors (Lipinski definition) is 2. The second-order valence-corrected chi connectivity index (χ2v) is 5.91. The monoisotopic (exact) mass is 225 g/mol. The lowest BCUT2D eigenvalue weighted by Crippen LogP contribution is -2.18. The molecule has 1 aromatic heterocycles. The molecule has 2 N–H and O–H groups in total. The summed E-state index contributed by atoms with van der Waals surface area (Å²) in [5.74, 6) is 1.41. The van der Waals surface area contributed by atoms with Crippen molar-refractivity contribution in [1.82, 2.24) is 0 Å². The van der Waals surface area contributed by atoms with Crippen LogP contribution in [0.4, 0.5) is 0 Å². The van der Waals surface area contributed by atoms with E-state index in [1.165, 1.54) is 22.6 Å². The first-order valence-corrected chi connectivity index (χ1v) is 6.75. The lowest BCUT2D eigenvalue weighted by molar-refractivity contribution is 0.417. The third-order valence-corrected chi connectivity index (χ3v) is 3.95. The molecule has 0 aliphatic carbocycles. The largest absolute Gasteiger partial charge is 0.330 e. The molecular formula is C13H23NS. The molecule has 0 bridgehead atoms. The molecule has 1 aromatic rings. The summed E-state index contributed by atoms with van der Waals surface area (Å²) in [6, 6.07) is 4.52. The van der Waals surface area contributed by atoms with Gasteiger partial charge in [-0.1, -0.05) is 20.8 Å². The van der Waals surface area contributed by atoms with Gasteiger partial charge in [0.1, 0.15) is 0 Å². The lowest BCUT2D eigenvalue weighted by atomic mass is 9.94. The summed E-state index contributed by atoms with van der Waals surface area (Å²) in [6.07, 6.45) is 3.57. The maximum atomic E-state index is 5.81. The lowest BCUT2D eigenvalue weighted by Gasteiger charge is -2.15. The van der Waals surface area contributed by atoms with E-state index in [1.54, 1.807) is 0 Å². The molecule has 2 heteroatoms. The molecule has 86 valence electrons. The number of nitrogens with two attached hydrogens (primary N) is 1. The van der Waals surface area contributed by atoms with E-state index >= 15 is 0 Å². The van der Waals surface area contributed by atoms with Gasteiger partial charge in [0.2, 0.25) is 0 Å². The van der Waals surface area contributed by atoms with Gasteiger partial charge in [-0.2, -0.15) is 0 Å². The average Bonchev–Trinajstić information content (AvgIpc) is 2.64. The zero-order valence-corrected chi connectivity index (χ0v) is 10.9. The van der Waals surface area contributed by atoms with Gasteiger partial charge in [-0.05, 0) is 49.8 Å². The Morgan fingerprint density at radius 2 is 1.93 bits per heavy atom. The Labute approximate surface area is 97.7 Å². The molecule has 0 radical (unpaired) electrons. The van der Waals surface area contributed by atoms with Gasteiger partial charge in [0.25, 0.3) is 0 Å². The van der Waals surface area contributed by atoms with Crippen LogP contribution in [0.1, 0.15) is 36.9 Å². The van der Waals surface area contributed by atoms with Crippen LogP contribution in [-0.2, 0) is 12.8 Å². The fourth-order valence-electron chi connectivity index (χ4n) is 1.94. The minimum Gasteiger partial charge on any atom is -0.330 e. The average molecular weight is 225 g/mol. The SMILES string of the molecule is CCc1ccc(CC(CN)CC(C)C)s1. The summed E-state index contributed by atoms with van der Waals surface area (Å²) in [7, 11) is 0. The molecule has 1 heterocycles. The van der Waals surface area contributed by atoms with E-state index in [4.69, 9.17) is 5.73 Å². The van der Waals surface area contributed by atoms with Crippen LogP contribution in [0.15, 0.2) is 12.1 Å². The first-order valence-electron chi connectivity index (χ1n) is 5.93. The summed E-state index contributed by atoms with van der Waals surface area (Å²) in [5.41, 5.74) is 5.81. The topological polar surface area (TPSA) is 26.0 Å². The Morgan fingerprint density at radius 1 is 1.27 bits per heavy atom. The van der Waals surface area contributed by atoms with Crippen LogP contribution in [-0.4, -0.2) is 6.54 Å². The number of hydrogen-bond donors (Lipinski definition) is 1. The summed E-state index contributed by atoms with van der Waals surface area (Å²) in [5, 5.41) is 0. The van der Waals surface area contributed by atoms with Crippen molar-refractivity contribution in [3.05, 3.63) is 21.9 Å². The van der Waals surface area contributed by atoms with Gasteiger partial charge in [0, 0.05) is 9.75 Å². The molecule has 0 aromatic carbocycles. The second kappa shape index (κ2) is 6.29. The van der Waals surface area contributed by atoms with Gasteiger partial charge in [-0.25, -0.2) is 0 Å². The molecule has 15 heavy (non-hydrogen) atoms. The van der Waals surface area contributed by atoms with Crippen molar-refractivity contribution < 1.29 is 0 Å². The van der Waals surface area contributed by atoms with E-state index < -0.39 is 0 Å². The van der Waals surface area contributed by atoms with Gasteiger partial charge in [-0.15, -0.1) is 11.3 Å². The molecule has 0 fully saturated rings. The molecule has 0 saturated carbocycles. The van der Waals surface area contributed by atoms with Crippen LogP contribution in [0, 0.1) is 11.8 Å². The summed E-state index contributed by atoms with van der Waals surface area (Å²) < 4.78 is 0. The van der Waals surface area contributed by atoms with E-state index in [2.05, 4.69) is 32.9 Å². The molecule has 0 amide bonds. The van der Waals surface area contributed by atoms with Crippen molar-refractivity contribution in [2.24, 2.45) is 17.6 Å². The molecule has 1 atom stereocenters. The zero-order chi connectivity index (χ0) is 11.3. The van der Waals surface area contributed by atoms with Crippen LogP contribution >= 0.6 is 11.3 Å². The third-order valence-electron chi connectivity index (χ3n) is 2.69. The van der Waals surface area contributed by atoms with Crippen molar-refractivity contribution in [2.75, 3.05) is 6.54 Å². The molecule has 0 spiro atoms. The first-order chi connectivity index (χ1) is 7.15. The Bertz CT molecular complexity index is 278. The van der Waals surface area contributed by atoms with Gasteiger partial charge in [0.15, 0.2) is 0 Å². The molecule has 1 nitrogen and oxygen atoms in total. The summed E-state index contributed by atoms with van der Waals surface area (Å²) >= 11 is 1.95. The molecule has 1 rings (SSSR count). The minimum atomic E-state index is 0.661. The fraction of sp³-hybridized carbons (Fsp3) is 0.692. The standard InChI is InChI=1S/C13H23NS/c1-4-12-5-6-13(15-12)8-11(9-14)7-10(2)3/h5-6,10-11H,4,7-9,14H2,1-3H3. The quantitative estimate of drug-likeness (QED) is 0.788. The third kappa shape index (κ3) is 4.35. The number of thiophene rings is 1. The first kappa shape index (κ1) is 12.7. The van der Waals surface area contributed by atoms with Gasteiger partial charge in [0.05, 0.1) is 0 Å². The van der Waals surface area contributed by atoms with Crippen molar-refractivity contribution in [2.45, 2.75) is 40.0 Å².